The summed E-state index contributed by atoms with van der Waals surface area (Å²) in [5.74, 6) is 0.801. The van der Waals surface area contributed by atoms with E-state index in [1.54, 1.807) is 22.3 Å². The molecule has 1 aliphatic heterocycles. The van der Waals surface area contributed by atoms with Crippen LogP contribution in [0.2, 0.25) is 0 Å². The van der Waals surface area contributed by atoms with Gasteiger partial charge in [0.2, 0.25) is 5.91 Å². The summed E-state index contributed by atoms with van der Waals surface area (Å²) >= 11 is 2.98. The van der Waals surface area contributed by atoms with Gasteiger partial charge in [0, 0.05) is 18.8 Å². The van der Waals surface area contributed by atoms with E-state index >= 15 is 0 Å². The van der Waals surface area contributed by atoms with Crippen molar-refractivity contribution in [3.05, 3.63) is 47.1 Å². The number of benzene rings is 1. The number of hydrogen-bond donors (Lipinski definition) is 0. The highest BCUT2D eigenvalue weighted by atomic mass is 32.2. The molecule has 140 valence electrons. The summed E-state index contributed by atoms with van der Waals surface area (Å²) in [5.41, 5.74) is 1.71. The molecule has 8 heteroatoms. The summed E-state index contributed by atoms with van der Waals surface area (Å²) in [4.78, 5) is 15.8. The minimum absolute atomic E-state index is 0.000678. The van der Waals surface area contributed by atoms with Gasteiger partial charge in [-0.1, -0.05) is 17.8 Å². The van der Waals surface area contributed by atoms with Gasteiger partial charge >= 0.3 is 0 Å². The Morgan fingerprint density at radius 3 is 3.00 bits per heavy atom. The second kappa shape index (κ2) is 7.44. The summed E-state index contributed by atoms with van der Waals surface area (Å²) < 4.78 is 15.4. The van der Waals surface area contributed by atoms with Gasteiger partial charge < -0.3 is 9.47 Å². The van der Waals surface area contributed by atoms with Crippen molar-refractivity contribution < 1.29 is 9.18 Å². The van der Waals surface area contributed by atoms with E-state index in [-0.39, 0.29) is 23.5 Å². The number of thiophene rings is 1. The van der Waals surface area contributed by atoms with Crippen LogP contribution in [0.1, 0.15) is 18.9 Å². The average molecular weight is 403 g/mol. The molecule has 4 rings (SSSR count). The van der Waals surface area contributed by atoms with Crippen molar-refractivity contribution in [1.82, 2.24) is 14.8 Å². The fourth-order valence-electron chi connectivity index (χ4n) is 3.36. The first kappa shape index (κ1) is 18.2. The molecule has 0 saturated carbocycles. The number of halogens is 1. The van der Waals surface area contributed by atoms with Gasteiger partial charge in [0.05, 0.1) is 10.6 Å². The summed E-state index contributed by atoms with van der Waals surface area (Å²) in [5, 5.41) is 11.2. The summed E-state index contributed by atoms with van der Waals surface area (Å²) in [6.45, 7) is 2.03. The van der Waals surface area contributed by atoms with Crippen LogP contribution in [0.15, 0.2) is 40.9 Å². The number of aromatic nitrogens is 3. The molecule has 0 N–H and O–H groups in total. The van der Waals surface area contributed by atoms with Gasteiger partial charge in [-0.25, -0.2) is 4.39 Å². The number of thioether (sulfide) groups is 1. The molecule has 0 bridgehead atoms. The smallest absolute Gasteiger partial charge is 0.237 e. The first-order valence-corrected chi connectivity index (χ1v) is 10.6. The van der Waals surface area contributed by atoms with Crippen LogP contribution in [-0.2, 0) is 18.3 Å². The minimum atomic E-state index is -0.259. The minimum Gasteiger partial charge on any atom is -0.309 e. The van der Waals surface area contributed by atoms with Crippen molar-refractivity contribution in [3.8, 4) is 10.7 Å². The molecule has 3 aromatic rings. The molecular formula is C19H19FN4OS2. The zero-order valence-corrected chi connectivity index (χ0v) is 16.7. The van der Waals surface area contributed by atoms with Crippen molar-refractivity contribution in [1.29, 1.82) is 0 Å². The van der Waals surface area contributed by atoms with E-state index in [0.717, 1.165) is 34.8 Å². The maximum atomic E-state index is 13.5. The molecule has 0 saturated heterocycles. The Labute approximate surface area is 165 Å². The lowest BCUT2D eigenvalue weighted by Gasteiger charge is -2.35. The molecule has 1 amide bonds. The van der Waals surface area contributed by atoms with E-state index in [2.05, 4.69) is 10.2 Å². The molecule has 1 aromatic carbocycles. The highest BCUT2D eigenvalue weighted by Crippen LogP contribution is 2.32. The summed E-state index contributed by atoms with van der Waals surface area (Å²) in [6, 6.07) is 8.73. The number of nitrogens with zero attached hydrogens (tertiary/aromatic N) is 4. The van der Waals surface area contributed by atoms with Crippen LogP contribution in [0.5, 0.6) is 0 Å². The van der Waals surface area contributed by atoms with Crippen LogP contribution in [-0.4, -0.2) is 32.5 Å². The van der Waals surface area contributed by atoms with E-state index in [0.29, 0.717) is 5.16 Å². The van der Waals surface area contributed by atoms with Crippen molar-refractivity contribution in [2.75, 3.05) is 10.7 Å². The lowest BCUT2D eigenvalue weighted by Crippen LogP contribution is -2.43. The van der Waals surface area contributed by atoms with Crippen molar-refractivity contribution in [2.24, 2.45) is 7.05 Å². The summed E-state index contributed by atoms with van der Waals surface area (Å²) in [6.07, 6.45) is 1.62. The molecule has 0 radical (unpaired) electrons. The van der Waals surface area contributed by atoms with Crippen LogP contribution in [0, 0.1) is 5.82 Å². The Hall–Kier alpha value is -2.19. The Morgan fingerprint density at radius 2 is 2.22 bits per heavy atom. The number of fused-ring (bicyclic) bond motifs is 1. The molecule has 1 atom stereocenters. The molecule has 0 spiro atoms. The Bertz CT molecular complexity index is 970. The number of carbonyl (C=O) groups is 1. The molecule has 0 aliphatic carbocycles. The Balaban J connectivity index is 1.51. The van der Waals surface area contributed by atoms with Crippen LogP contribution < -0.4 is 4.90 Å². The van der Waals surface area contributed by atoms with Crippen LogP contribution in [0.3, 0.4) is 0 Å². The van der Waals surface area contributed by atoms with Crippen LogP contribution in [0.25, 0.3) is 10.7 Å². The molecule has 1 aliphatic rings. The number of amides is 1. The van der Waals surface area contributed by atoms with E-state index < -0.39 is 0 Å². The standard InChI is InChI=1S/C19H19FN4OS2/c1-12-5-6-13-10-14(20)7-8-15(13)24(12)17(25)11-27-19-22-21-18(23(19)2)16-4-3-9-26-16/h3-4,7-10,12H,5-6,11H2,1-2H3/t12-/m1/s1. The van der Waals surface area contributed by atoms with Gasteiger partial charge in [0.15, 0.2) is 11.0 Å². The number of rotatable bonds is 4. The fraction of sp³-hybridized carbons (Fsp3) is 0.316. The Morgan fingerprint density at radius 1 is 1.37 bits per heavy atom. The molecule has 0 unspecified atom stereocenters. The fourth-order valence-corrected chi connectivity index (χ4v) is 4.87. The first-order chi connectivity index (χ1) is 13.0. The van der Waals surface area contributed by atoms with E-state index in [9.17, 15) is 9.18 Å². The van der Waals surface area contributed by atoms with Gasteiger partial charge in [-0.15, -0.1) is 21.5 Å². The SMILES string of the molecule is C[C@@H]1CCc2cc(F)ccc2N1C(=O)CSc1nnc(-c2cccs2)n1C. The second-order valence-corrected chi connectivity index (χ2v) is 8.45. The van der Waals surface area contributed by atoms with Gasteiger partial charge in [-0.05, 0) is 55.0 Å². The molecule has 3 heterocycles. The lowest BCUT2D eigenvalue weighted by molar-refractivity contribution is -0.116. The summed E-state index contributed by atoms with van der Waals surface area (Å²) in [7, 11) is 1.91. The van der Waals surface area contributed by atoms with E-state index in [1.807, 2.05) is 36.1 Å². The maximum Gasteiger partial charge on any atom is 0.237 e. The van der Waals surface area contributed by atoms with Crippen molar-refractivity contribution in [3.63, 3.8) is 0 Å². The predicted octanol–water partition coefficient (Wildman–Crippen LogP) is 4.14. The number of anilines is 1. The average Bonchev–Trinajstić information content (AvgIpc) is 3.29. The van der Waals surface area contributed by atoms with E-state index in [4.69, 9.17) is 0 Å². The highest BCUT2D eigenvalue weighted by Gasteiger charge is 2.28. The molecule has 27 heavy (non-hydrogen) atoms. The Kier molecular flexibility index (Phi) is 5.01. The largest absolute Gasteiger partial charge is 0.309 e. The lowest BCUT2D eigenvalue weighted by atomic mass is 9.96. The molecule has 5 nitrogen and oxygen atoms in total. The second-order valence-electron chi connectivity index (χ2n) is 6.56. The predicted molar refractivity (Wildman–Crippen MR) is 107 cm³/mol. The zero-order valence-electron chi connectivity index (χ0n) is 15.1. The van der Waals surface area contributed by atoms with Crippen molar-refractivity contribution >= 4 is 34.7 Å². The monoisotopic (exact) mass is 402 g/mol. The molecular weight excluding hydrogens is 383 g/mol. The maximum absolute atomic E-state index is 13.5. The van der Waals surface area contributed by atoms with Gasteiger partial charge in [-0.3, -0.25) is 4.79 Å². The third-order valence-corrected chi connectivity index (χ3v) is 6.61. The third-order valence-electron chi connectivity index (χ3n) is 4.74. The van der Waals surface area contributed by atoms with Gasteiger partial charge in [-0.2, -0.15) is 0 Å². The topological polar surface area (TPSA) is 51.0 Å². The van der Waals surface area contributed by atoms with E-state index in [1.165, 1.54) is 23.9 Å². The molecule has 2 aromatic heterocycles. The van der Waals surface area contributed by atoms with Gasteiger partial charge in [0.1, 0.15) is 5.82 Å². The van der Waals surface area contributed by atoms with Crippen molar-refractivity contribution in [2.45, 2.75) is 31.0 Å². The number of hydrogen-bond acceptors (Lipinski definition) is 5. The normalized spacial score (nSPS) is 16.4. The third kappa shape index (κ3) is 3.51. The first-order valence-electron chi connectivity index (χ1n) is 8.71. The quantitative estimate of drug-likeness (QED) is 0.616. The van der Waals surface area contributed by atoms with Crippen LogP contribution in [0.4, 0.5) is 10.1 Å². The highest BCUT2D eigenvalue weighted by molar-refractivity contribution is 7.99. The van der Waals surface area contributed by atoms with Gasteiger partial charge in [0.25, 0.3) is 0 Å². The zero-order chi connectivity index (χ0) is 19.0. The van der Waals surface area contributed by atoms with Crippen LogP contribution >= 0.6 is 23.1 Å². The number of carbonyl (C=O) groups excluding carboxylic acids is 1. The molecule has 0 fully saturated rings. The number of aryl methyl sites for hydroxylation is 1.